The molecule has 1 aliphatic rings. The minimum atomic E-state index is -0.716. The van der Waals surface area contributed by atoms with Crippen molar-refractivity contribution in [2.75, 3.05) is 11.5 Å². The summed E-state index contributed by atoms with van der Waals surface area (Å²) in [6.45, 7) is 0. The summed E-state index contributed by atoms with van der Waals surface area (Å²) in [7, 11) is 0. The molecule has 0 saturated heterocycles. The van der Waals surface area contributed by atoms with E-state index in [9.17, 15) is 10.2 Å². The zero-order valence-corrected chi connectivity index (χ0v) is 27.4. The molecule has 6 N–H and O–H groups in total. The van der Waals surface area contributed by atoms with Gasteiger partial charge in [0.2, 0.25) is 0 Å². The minimum Gasteiger partial charge on any atom is -0.506 e. The molecule has 6 heteroatoms. The minimum absolute atomic E-state index is 0.0333. The van der Waals surface area contributed by atoms with Crippen LogP contribution in [-0.2, 0) is 5.41 Å². The summed E-state index contributed by atoms with van der Waals surface area (Å²) < 4.78 is 12.2. The third kappa shape index (κ3) is 5.63. The lowest BCUT2D eigenvalue weighted by Crippen LogP contribution is -2.28. The number of nitrogens with two attached hydrogens (primary N) is 2. The Morgan fingerprint density at radius 2 is 0.980 bits per heavy atom. The molecule has 0 atom stereocenters. The van der Waals surface area contributed by atoms with Gasteiger partial charge in [-0.3, -0.25) is 0 Å². The number of hydrogen-bond donors (Lipinski definition) is 4. The predicted molar refractivity (Wildman–Crippen MR) is 201 cm³/mol. The summed E-state index contributed by atoms with van der Waals surface area (Å²) in [5.41, 5.74) is 19.9. The van der Waals surface area contributed by atoms with Gasteiger partial charge < -0.3 is 31.2 Å². The highest BCUT2D eigenvalue weighted by Crippen LogP contribution is 2.57. The third-order valence-electron chi connectivity index (χ3n) is 9.23. The number of fused-ring (bicyclic) bond motifs is 3. The fourth-order valence-corrected chi connectivity index (χ4v) is 6.87. The first-order chi connectivity index (χ1) is 24.9. The summed E-state index contributed by atoms with van der Waals surface area (Å²) in [5.74, 6) is 8.97. The lowest BCUT2D eigenvalue weighted by molar-refractivity contribution is 0.456. The molecule has 0 spiro atoms. The quantitative estimate of drug-likeness (QED) is 0.0801. The molecule has 0 fully saturated rings. The van der Waals surface area contributed by atoms with E-state index in [1.165, 1.54) is 12.1 Å². The molecule has 7 aromatic carbocycles. The van der Waals surface area contributed by atoms with Crippen molar-refractivity contribution in [2.45, 2.75) is 5.41 Å². The first kappa shape index (κ1) is 31.2. The molecule has 0 heterocycles. The van der Waals surface area contributed by atoms with Crippen LogP contribution in [0.1, 0.15) is 33.4 Å². The predicted octanol–water partition coefficient (Wildman–Crippen LogP) is 9.61. The number of hydrogen-bond acceptors (Lipinski definition) is 6. The second-order valence-corrected chi connectivity index (χ2v) is 12.3. The van der Waals surface area contributed by atoms with Gasteiger partial charge in [0, 0.05) is 28.8 Å². The molecule has 51 heavy (non-hydrogen) atoms. The number of phenols is 2. The molecule has 1 aliphatic carbocycles. The molecule has 246 valence electrons. The van der Waals surface area contributed by atoms with E-state index in [0.717, 1.165) is 44.5 Å². The smallest absolute Gasteiger partial charge is 0.142 e. The second-order valence-electron chi connectivity index (χ2n) is 12.3. The lowest BCUT2D eigenvalue weighted by atomic mass is 9.67. The van der Waals surface area contributed by atoms with E-state index in [0.29, 0.717) is 23.0 Å². The number of ether oxygens (including phenoxy) is 2. The lowest BCUT2D eigenvalue weighted by Gasteiger charge is -2.34. The van der Waals surface area contributed by atoms with Gasteiger partial charge in [0.1, 0.15) is 34.5 Å². The maximum absolute atomic E-state index is 10.1. The Morgan fingerprint density at radius 3 is 1.55 bits per heavy atom. The van der Waals surface area contributed by atoms with E-state index in [1.54, 1.807) is 24.3 Å². The molecule has 0 bridgehead atoms. The normalized spacial score (nSPS) is 12.2. The van der Waals surface area contributed by atoms with Crippen molar-refractivity contribution in [1.29, 1.82) is 0 Å². The third-order valence-corrected chi connectivity index (χ3v) is 9.23. The van der Waals surface area contributed by atoms with Gasteiger partial charge in [-0.2, -0.15) is 0 Å². The zero-order chi connectivity index (χ0) is 35.0. The van der Waals surface area contributed by atoms with E-state index in [2.05, 4.69) is 78.6 Å². The largest absolute Gasteiger partial charge is 0.506 e. The highest BCUT2D eigenvalue weighted by molar-refractivity contribution is 5.89. The Labute approximate surface area is 295 Å². The number of phenolic OH excluding ortho intramolecular Hbond substituents is 2. The molecular weight excluding hydrogens is 633 g/mol. The Hall–Kier alpha value is -7.10. The van der Waals surface area contributed by atoms with Crippen LogP contribution in [0.2, 0.25) is 0 Å². The average Bonchev–Trinajstić information content (AvgIpc) is 3.46. The highest BCUT2D eigenvalue weighted by atomic mass is 16.5. The SMILES string of the molecule is Nc1ccc(Oc2ccc(C3(c4ccc(Oc5ccc(N)c(O)c5)cc4)c4ccccc4-c4c(C#Cc5ccccc5)cccc43)cc2)cc1O. The summed E-state index contributed by atoms with van der Waals surface area (Å²) in [4.78, 5) is 0. The summed E-state index contributed by atoms with van der Waals surface area (Å²) in [6, 6.07) is 50.6. The van der Waals surface area contributed by atoms with Gasteiger partial charge in [-0.25, -0.2) is 0 Å². The molecule has 7 aromatic rings. The number of aromatic hydroxyl groups is 2. The zero-order valence-electron chi connectivity index (χ0n) is 27.4. The first-order valence-electron chi connectivity index (χ1n) is 16.4. The van der Waals surface area contributed by atoms with Crippen molar-refractivity contribution in [2.24, 2.45) is 0 Å². The molecular formula is C45H32N2O4. The van der Waals surface area contributed by atoms with E-state index in [1.807, 2.05) is 54.6 Å². The topological polar surface area (TPSA) is 111 Å². The molecule has 0 amide bonds. The average molecular weight is 665 g/mol. The van der Waals surface area contributed by atoms with Crippen LogP contribution < -0.4 is 20.9 Å². The molecule has 0 aliphatic heterocycles. The summed E-state index contributed by atoms with van der Waals surface area (Å²) in [6.07, 6.45) is 0. The van der Waals surface area contributed by atoms with Gasteiger partial charge in [0.25, 0.3) is 0 Å². The van der Waals surface area contributed by atoms with Gasteiger partial charge in [-0.1, -0.05) is 90.7 Å². The Balaban J connectivity index is 1.28. The standard InChI is InChI=1S/C45H32N2O4/c46-40-25-23-35(27-42(40)48)50-33-19-15-31(16-20-33)45(32-17-21-34(22-18-32)51-36-24-26-41(47)43(49)28-36)38-11-5-4-10-37(38)44-30(9-6-12-39(44)45)14-13-29-7-2-1-3-8-29/h1-12,15-28,48-49H,46-47H2. The number of rotatable bonds is 6. The Bertz CT molecular complexity index is 2370. The number of benzene rings is 7. The van der Waals surface area contributed by atoms with Crippen LogP contribution in [-0.4, -0.2) is 10.2 Å². The van der Waals surface area contributed by atoms with Crippen molar-refractivity contribution in [3.8, 4) is 57.5 Å². The monoisotopic (exact) mass is 664 g/mol. The van der Waals surface area contributed by atoms with Gasteiger partial charge in [-0.05, 0) is 94.5 Å². The van der Waals surface area contributed by atoms with Crippen LogP contribution in [0.25, 0.3) is 11.1 Å². The van der Waals surface area contributed by atoms with E-state index in [-0.39, 0.29) is 22.9 Å². The fourth-order valence-electron chi connectivity index (χ4n) is 6.87. The van der Waals surface area contributed by atoms with Gasteiger partial charge >= 0.3 is 0 Å². The van der Waals surface area contributed by atoms with Crippen molar-refractivity contribution in [3.05, 3.63) is 191 Å². The Morgan fingerprint density at radius 1 is 0.471 bits per heavy atom. The highest BCUT2D eigenvalue weighted by Gasteiger charge is 2.46. The molecule has 0 radical (unpaired) electrons. The van der Waals surface area contributed by atoms with Crippen molar-refractivity contribution in [1.82, 2.24) is 0 Å². The van der Waals surface area contributed by atoms with Crippen molar-refractivity contribution < 1.29 is 19.7 Å². The van der Waals surface area contributed by atoms with Gasteiger partial charge in [0.05, 0.1) is 16.8 Å². The van der Waals surface area contributed by atoms with Gasteiger partial charge in [0.15, 0.2) is 0 Å². The van der Waals surface area contributed by atoms with Crippen LogP contribution >= 0.6 is 0 Å². The summed E-state index contributed by atoms with van der Waals surface area (Å²) in [5, 5.41) is 20.2. The fraction of sp³-hybridized carbons (Fsp3) is 0.0222. The number of nitrogen functional groups attached to an aromatic ring is 2. The maximum atomic E-state index is 10.1. The molecule has 0 aromatic heterocycles. The number of anilines is 2. The molecule has 0 saturated carbocycles. The van der Waals surface area contributed by atoms with Crippen molar-refractivity contribution >= 4 is 11.4 Å². The Kier molecular flexibility index (Phi) is 7.79. The maximum Gasteiger partial charge on any atom is 0.142 e. The van der Waals surface area contributed by atoms with Gasteiger partial charge in [-0.15, -0.1) is 0 Å². The molecule has 6 nitrogen and oxygen atoms in total. The van der Waals surface area contributed by atoms with Crippen LogP contribution in [0, 0.1) is 11.8 Å². The molecule has 8 rings (SSSR count). The van der Waals surface area contributed by atoms with Crippen LogP contribution in [0.4, 0.5) is 11.4 Å². The second kappa shape index (κ2) is 12.7. The first-order valence-corrected chi connectivity index (χ1v) is 16.4. The van der Waals surface area contributed by atoms with E-state index < -0.39 is 5.41 Å². The van der Waals surface area contributed by atoms with E-state index >= 15 is 0 Å². The molecule has 0 unspecified atom stereocenters. The summed E-state index contributed by atoms with van der Waals surface area (Å²) >= 11 is 0. The van der Waals surface area contributed by atoms with Crippen LogP contribution in [0.3, 0.4) is 0 Å². The van der Waals surface area contributed by atoms with Crippen molar-refractivity contribution in [3.63, 3.8) is 0 Å². The van der Waals surface area contributed by atoms with E-state index in [4.69, 9.17) is 20.9 Å². The van der Waals surface area contributed by atoms with Crippen LogP contribution in [0.5, 0.6) is 34.5 Å². The van der Waals surface area contributed by atoms with Crippen LogP contribution in [0.15, 0.2) is 158 Å².